The molecule has 5 heteroatoms. The quantitative estimate of drug-likeness (QED) is 0.888. The number of hydrogen-bond acceptors (Lipinski definition) is 4. The minimum absolute atomic E-state index is 0.209. The van der Waals surface area contributed by atoms with Crippen LogP contribution in [0.2, 0.25) is 0 Å². The summed E-state index contributed by atoms with van der Waals surface area (Å²) in [6.07, 6.45) is 0. The second-order valence-electron chi connectivity index (χ2n) is 5.31. The first-order valence-electron chi connectivity index (χ1n) is 6.65. The SMILES string of the molecule is CC1CN(C)CCN1C(CN)c1ccc(O)c(Br)c1. The molecule has 2 rings (SSSR count). The molecule has 1 fully saturated rings. The zero-order chi connectivity index (χ0) is 14.0. The van der Waals surface area contributed by atoms with Crippen molar-refractivity contribution in [3.63, 3.8) is 0 Å². The van der Waals surface area contributed by atoms with Crippen molar-refractivity contribution in [2.45, 2.75) is 19.0 Å². The van der Waals surface area contributed by atoms with Crippen molar-refractivity contribution < 1.29 is 5.11 Å². The lowest BCUT2D eigenvalue weighted by Gasteiger charge is -2.42. The number of aromatic hydroxyl groups is 1. The average molecular weight is 328 g/mol. The molecule has 3 N–H and O–H groups in total. The Morgan fingerprint density at radius 2 is 2.21 bits per heavy atom. The van der Waals surface area contributed by atoms with E-state index in [0.717, 1.165) is 29.7 Å². The van der Waals surface area contributed by atoms with Crippen LogP contribution in [0.25, 0.3) is 0 Å². The fraction of sp³-hybridized carbons (Fsp3) is 0.571. The molecule has 4 nitrogen and oxygen atoms in total. The van der Waals surface area contributed by atoms with Crippen LogP contribution in [0.15, 0.2) is 22.7 Å². The number of nitrogens with two attached hydrogens (primary N) is 1. The topological polar surface area (TPSA) is 52.7 Å². The van der Waals surface area contributed by atoms with Gasteiger partial charge in [0.15, 0.2) is 0 Å². The highest BCUT2D eigenvalue weighted by Gasteiger charge is 2.28. The summed E-state index contributed by atoms with van der Waals surface area (Å²) < 4.78 is 0.727. The highest BCUT2D eigenvalue weighted by molar-refractivity contribution is 9.10. The Morgan fingerprint density at radius 1 is 1.47 bits per heavy atom. The first-order chi connectivity index (χ1) is 9.02. The van der Waals surface area contributed by atoms with Gasteiger partial charge in [0.2, 0.25) is 0 Å². The van der Waals surface area contributed by atoms with Crippen LogP contribution < -0.4 is 5.73 Å². The maximum Gasteiger partial charge on any atom is 0.129 e. The molecule has 1 aromatic rings. The van der Waals surface area contributed by atoms with Crippen LogP contribution in [-0.4, -0.2) is 54.2 Å². The van der Waals surface area contributed by atoms with E-state index >= 15 is 0 Å². The second-order valence-corrected chi connectivity index (χ2v) is 6.17. The molecule has 0 aromatic heterocycles. The molecule has 1 aliphatic rings. The number of benzene rings is 1. The molecule has 2 unspecified atom stereocenters. The van der Waals surface area contributed by atoms with Crippen LogP contribution in [0.5, 0.6) is 5.75 Å². The van der Waals surface area contributed by atoms with Crippen molar-refractivity contribution in [3.05, 3.63) is 28.2 Å². The monoisotopic (exact) mass is 327 g/mol. The van der Waals surface area contributed by atoms with Crippen molar-refractivity contribution in [1.29, 1.82) is 0 Å². The minimum Gasteiger partial charge on any atom is -0.507 e. The van der Waals surface area contributed by atoms with Gasteiger partial charge in [0.1, 0.15) is 5.75 Å². The van der Waals surface area contributed by atoms with Gasteiger partial charge in [-0.3, -0.25) is 4.90 Å². The third-order valence-electron chi connectivity index (χ3n) is 3.86. The first-order valence-corrected chi connectivity index (χ1v) is 7.45. The number of phenolic OH excluding ortho intramolecular Hbond substituents is 1. The van der Waals surface area contributed by atoms with E-state index in [2.05, 4.69) is 39.7 Å². The molecule has 1 heterocycles. The van der Waals surface area contributed by atoms with Gasteiger partial charge in [-0.2, -0.15) is 0 Å². The van der Waals surface area contributed by atoms with Crippen molar-refractivity contribution >= 4 is 15.9 Å². The predicted molar refractivity (Wildman–Crippen MR) is 81.3 cm³/mol. The van der Waals surface area contributed by atoms with E-state index in [-0.39, 0.29) is 11.8 Å². The van der Waals surface area contributed by atoms with E-state index in [1.54, 1.807) is 6.07 Å². The summed E-state index contributed by atoms with van der Waals surface area (Å²) in [4.78, 5) is 4.81. The molecule has 0 amide bonds. The van der Waals surface area contributed by atoms with Gasteiger partial charge < -0.3 is 15.7 Å². The molecular weight excluding hydrogens is 306 g/mol. The molecule has 0 radical (unpaired) electrons. The lowest BCUT2D eigenvalue weighted by molar-refractivity contribution is 0.0635. The molecule has 0 saturated carbocycles. The molecule has 19 heavy (non-hydrogen) atoms. The van der Waals surface area contributed by atoms with Crippen molar-refractivity contribution in [1.82, 2.24) is 9.80 Å². The van der Waals surface area contributed by atoms with E-state index in [9.17, 15) is 5.11 Å². The van der Waals surface area contributed by atoms with Crippen LogP contribution in [0.3, 0.4) is 0 Å². The molecule has 0 bridgehead atoms. The molecule has 1 aromatic carbocycles. The minimum atomic E-state index is 0.209. The Balaban J connectivity index is 2.21. The van der Waals surface area contributed by atoms with Crippen LogP contribution in [0.4, 0.5) is 0 Å². The third-order valence-corrected chi connectivity index (χ3v) is 4.50. The Bertz CT molecular complexity index is 441. The number of halogens is 1. The number of nitrogens with zero attached hydrogens (tertiary/aromatic N) is 2. The number of likely N-dealkylation sites (N-methyl/N-ethyl adjacent to an activating group) is 1. The fourth-order valence-corrected chi connectivity index (χ4v) is 3.21. The summed E-state index contributed by atoms with van der Waals surface area (Å²) in [5.41, 5.74) is 7.14. The Hall–Kier alpha value is -0.620. The predicted octanol–water partition coefficient (Wildman–Crippen LogP) is 1.79. The van der Waals surface area contributed by atoms with Gasteiger partial charge in [0, 0.05) is 38.3 Å². The molecular formula is C14H22BrN3O. The molecule has 0 aliphatic carbocycles. The van der Waals surface area contributed by atoms with Crippen molar-refractivity contribution in [3.8, 4) is 5.75 Å². The van der Waals surface area contributed by atoms with E-state index in [1.165, 1.54) is 0 Å². The summed E-state index contributed by atoms with van der Waals surface area (Å²) in [6.45, 7) is 5.99. The molecule has 2 atom stereocenters. The molecule has 1 aliphatic heterocycles. The van der Waals surface area contributed by atoms with E-state index in [0.29, 0.717) is 12.6 Å². The van der Waals surface area contributed by atoms with Gasteiger partial charge in [-0.05, 0) is 47.6 Å². The lowest BCUT2D eigenvalue weighted by atomic mass is 10.0. The van der Waals surface area contributed by atoms with Gasteiger partial charge >= 0.3 is 0 Å². The molecule has 106 valence electrons. The third kappa shape index (κ3) is 3.28. The van der Waals surface area contributed by atoms with Crippen LogP contribution in [0.1, 0.15) is 18.5 Å². The van der Waals surface area contributed by atoms with Gasteiger partial charge in [0.05, 0.1) is 4.47 Å². The number of piperazine rings is 1. The standard InChI is InChI=1S/C14H22BrN3O/c1-10-9-17(2)5-6-18(10)13(8-16)11-3-4-14(19)12(15)7-11/h3-4,7,10,13,19H,5-6,8-9,16H2,1-2H3. The average Bonchev–Trinajstić information content (AvgIpc) is 2.37. The summed E-state index contributed by atoms with van der Waals surface area (Å²) >= 11 is 3.37. The normalized spacial score (nSPS) is 23.5. The highest BCUT2D eigenvalue weighted by atomic mass is 79.9. The number of hydrogen-bond donors (Lipinski definition) is 2. The first kappa shape index (κ1) is 14.8. The fourth-order valence-electron chi connectivity index (χ4n) is 2.81. The Kier molecular flexibility index (Phi) is 4.84. The maximum atomic E-state index is 9.60. The number of phenols is 1. The second kappa shape index (κ2) is 6.22. The summed E-state index contributed by atoms with van der Waals surface area (Å²) in [5.74, 6) is 0.269. The lowest BCUT2D eigenvalue weighted by Crippen LogP contribution is -2.52. The van der Waals surface area contributed by atoms with Crippen LogP contribution in [0, 0.1) is 0 Å². The van der Waals surface area contributed by atoms with Gasteiger partial charge in [-0.15, -0.1) is 0 Å². The summed E-state index contributed by atoms with van der Waals surface area (Å²) in [7, 11) is 2.16. The summed E-state index contributed by atoms with van der Waals surface area (Å²) in [6, 6.07) is 6.35. The van der Waals surface area contributed by atoms with Gasteiger partial charge in [-0.25, -0.2) is 0 Å². The van der Waals surface area contributed by atoms with Gasteiger partial charge in [-0.1, -0.05) is 6.07 Å². The largest absolute Gasteiger partial charge is 0.507 e. The van der Waals surface area contributed by atoms with Crippen molar-refractivity contribution in [2.24, 2.45) is 5.73 Å². The zero-order valence-electron chi connectivity index (χ0n) is 11.5. The maximum absolute atomic E-state index is 9.60. The molecule has 1 saturated heterocycles. The molecule has 0 spiro atoms. The van der Waals surface area contributed by atoms with Crippen LogP contribution in [-0.2, 0) is 0 Å². The van der Waals surface area contributed by atoms with Crippen molar-refractivity contribution in [2.75, 3.05) is 33.2 Å². The van der Waals surface area contributed by atoms with Crippen LogP contribution >= 0.6 is 15.9 Å². The van der Waals surface area contributed by atoms with E-state index in [1.807, 2.05) is 12.1 Å². The Labute approximate surface area is 123 Å². The van der Waals surface area contributed by atoms with Gasteiger partial charge in [0.25, 0.3) is 0 Å². The van der Waals surface area contributed by atoms with E-state index in [4.69, 9.17) is 5.73 Å². The zero-order valence-corrected chi connectivity index (χ0v) is 13.1. The van der Waals surface area contributed by atoms with E-state index < -0.39 is 0 Å². The highest BCUT2D eigenvalue weighted by Crippen LogP contribution is 2.30. The summed E-state index contributed by atoms with van der Waals surface area (Å²) in [5, 5.41) is 9.60. The smallest absolute Gasteiger partial charge is 0.129 e. The number of rotatable bonds is 3. The Morgan fingerprint density at radius 3 is 2.79 bits per heavy atom.